The first kappa shape index (κ1) is 20.2. The first-order chi connectivity index (χ1) is 12.2. The molecule has 26 heavy (non-hydrogen) atoms. The number of halogens is 2. The number of aryl methyl sites for hydroxylation is 1. The second-order valence-electron chi connectivity index (χ2n) is 5.57. The first-order valence-electron chi connectivity index (χ1n) is 7.48. The van der Waals surface area contributed by atoms with E-state index in [1.54, 1.807) is 0 Å². The van der Waals surface area contributed by atoms with Crippen LogP contribution in [-0.2, 0) is 14.8 Å². The van der Waals surface area contributed by atoms with Gasteiger partial charge in [0.15, 0.2) is 0 Å². The predicted octanol–water partition coefficient (Wildman–Crippen LogP) is 3.22. The topological polar surface area (TPSA) is 78.8 Å². The first-order valence-corrected chi connectivity index (χ1v) is 10.1. The number of hydrogen-bond acceptors (Lipinski definition) is 4. The van der Waals surface area contributed by atoms with Gasteiger partial charge >= 0.3 is 0 Å². The summed E-state index contributed by atoms with van der Waals surface area (Å²) in [6.45, 7) is 1.46. The summed E-state index contributed by atoms with van der Waals surface area (Å²) in [6, 6.07) is 11.9. The molecule has 1 N–H and O–H groups in total. The lowest BCUT2D eigenvalue weighted by molar-refractivity contribution is -0.119. The summed E-state index contributed by atoms with van der Waals surface area (Å²) in [4.78, 5) is 12.1. The summed E-state index contributed by atoms with van der Waals surface area (Å²) in [5.74, 6) is -0.615. The summed E-state index contributed by atoms with van der Waals surface area (Å²) in [7, 11) is -3.76. The molecule has 0 atom stereocenters. The van der Waals surface area contributed by atoms with Crippen molar-refractivity contribution in [3.63, 3.8) is 0 Å². The number of hydrazone groups is 1. The Balaban J connectivity index is 2.14. The van der Waals surface area contributed by atoms with Gasteiger partial charge < -0.3 is 0 Å². The molecule has 2 aromatic carbocycles. The number of nitrogens with zero attached hydrogens (tertiary/aromatic N) is 2. The van der Waals surface area contributed by atoms with Crippen molar-refractivity contribution in [2.75, 3.05) is 17.1 Å². The molecule has 0 unspecified atom stereocenters. The number of rotatable bonds is 6. The van der Waals surface area contributed by atoms with E-state index in [1.807, 2.05) is 31.2 Å². The van der Waals surface area contributed by atoms with E-state index in [4.69, 9.17) is 23.2 Å². The van der Waals surface area contributed by atoms with Crippen LogP contribution < -0.4 is 9.73 Å². The molecule has 0 aromatic heterocycles. The average Bonchev–Trinajstić information content (AvgIpc) is 2.54. The van der Waals surface area contributed by atoms with Gasteiger partial charge in [-0.2, -0.15) is 5.10 Å². The van der Waals surface area contributed by atoms with Gasteiger partial charge in [-0.15, -0.1) is 0 Å². The summed E-state index contributed by atoms with van der Waals surface area (Å²) < 4.78 is 25.0. The number of sulfonamides is 1. The predicted molar refractivity (Wildman–Crippen MR) is 106 cm³/mol. The zero-order chi connectivity index (χ0) is 19.3. The van der Waals surface area contributed by atoms with Crippen molar-refractivity contribution in [3.05, 3.63) is 63.6 Å². The van der Waals surface area contributed by atoms with Crippen molar-refractivity contribution in [2.24, 2.45) is 5.10 Å². The SMILES string of the molecule is Cc1cccc(/C=N\NC(=O)CN(c2cc(Cl)ccc2Cl)S(C)(=O)=O)c1. The maximum Gasteiger partial charge on any atom is 0.260 e. The lowest BCUT2D eigenvalue weighted by Gasteiger charge is -2.22. The van der Waals surface area contributed by atoms with E-state index in [0.29, 0.717) is 5.02 Å². The van der Waals surface area contributed by atoms with Crippen LogP contribution in [0.3, 0.4) is 0 Å². The Kier molecular flexibility index (Phi) is 6.63. The highest BCUT2D eigenvalue weighted by Crippen LogP contribution is 2.30. The Morgan fingerprint density at radius 2 is 1.96 bits per heavy atom. The molecule has 0 aliphatic rings. The van der Waals surface area contributed by atoms with Crippen LogP contribution in [0, 0.1) is 6.92 Å². The molecule has 0 spiro atoms. The fraction of sp³-hybridized carbons (Fsp3) is 0.176. The van der Waals surface area contributed by atoms with Crippen molar-refractivity contribution >= 4 is 51.0 Å². The van der Waals surface area contributed by atoms with Crippen LogP contribution in [0.15, 0.2) is 47.6 Å². The standard InChI is InChI=1S/C17H17Cl2N3O3S/c1-12-4-3-5-13(8-12)10-20-21-17(23)11-22(26(2,24)25)16-9-14(18)6-7-15(16)19/h3-10H,11H2,1-2H3,(H,21,23)/b20-10-. The minimum absolute atomic E-state index is 0.125. The normalized spacial score (nSPS) is 11.5. The molecule has 138 valence electrons. The van der Waals surface area contributed by atoms with E-state index in [2.05, 4.69) is 10.5 Å². The van der Waals surface area contributed by atoms with Gasteiger partial charge in [-0.3, -0.25) is 9.10 Å². The molecule has 2 rings (SSSR count). The maximum atomic E-state index is 12.1. The maximum absolute atomic E-state index is 12.1. The summed E-state index contributed by atoms with van der Waals surface area (Å²) in [5.41, 5.74) is 4.29. The minimum Gasteiger partial charge on any atom is -0.271 e. The molecule has 9 heteroatoms. The lowest BCUT2D eigenvalue weighted by Crippen LogP contribution is -2.39. The minimum atomic E-state index is -3.76. The zero-order valence-corrected chi connectivity index (χ0v) is 16.4. The van der Waals surface area contributed by atoms with Crippen LogP contribution in [0.1, 0.15) is 11.1 Å². The molecule has 0 saturated carbocycles. The van der Waals surface area contributed by atoms with Crippen molar-refractivity contribution < 1.29 is 13.2 Å². The third kappa shape index (κ3) is 5.72. The molecule has 6 nitrogen and oxygen atoms in total. The van der Waals surface area contributed by atoms with Crippen LogP contribution in [-0.4, -0.2) is 33.3 Å². The van der Waals surface area contributed by atoms with Crippen LogP contribution in [0.5, 0.6) is 0 Å². The van der Waals surface area contributed by atoms with Crippen molar-refractivity contribution in [1.82, 2.24) is 5.43 Å². The highest BCUT2D eigenvalue weighted by Gasteiger charge is 2.23. The molecule has 1 amide bonds. The number of carbonyl (C=O) groups excluding carboxylic acids is 1. The number of anilines is 1. The molecular formula is C17H17Cl2N3O3S. The number of carbonyl (C=O) groups is 1. The van der Waals surface area contributed by atoms with Crippen LogP contribution in [0.25, 0.3) is 0 Å². The number of amides is 1. The van der Waals surface area contributed by atoms with E-state index in [1.165, 1.54) is 24.4 Å². The second kappa shape index (κ2) is 8.53. The number of nitrogens with one attached hydrogen (secondary N) is 1. The Morgan fingerprint density at radius 1 is 1.23 bits per heavy atom. The Morgan fingerprint density at radius 3 is 2.62 bits per heavy atom. The van der Waals surface area contributed by atoms with E-state index in [-0.39, 0.29) is 10.7 Å². The van der Waals surface area contributed by atoms with E-state index >= 15 is 0 Å². The molecule has 0 heterocycles. The molecule has 0 saturated heterocycles. The molecular weight excluding hydrogens is 397 g/mol. The number of hydrogen-bond donors (Lipinski definition) is 1. The summed E-state index contributed by atoms with van der Waals surface area (Å²) in [5, 5.41) is 4.31. The van der Waals surface area contributed by atoms with Gasteiger partial charge in [0.2, 0.25) is 10.0 Å². The molecule has 0 aliphatic carbocycles. The van der Waals surface area contributed by atoms with Gasteiger partial charge in [-0.1, -0.05) is 53.0 Å². The Bertz CT molecular complexity index is 946. The smallest absolute Gasteiger partial charge is 0.260 e. The molecule has 2 aromatic rings. The van der Waals surface area contributed by atoms with Gasteiger partial charge in [-0.05, 0) is 30.7 Å². The third-order valence-electron chi connectivity index (χ3n) is 3.31. The van der Waals surface area contributed by atoms with Crippen molar-refractivity contribution in [1.29, 1.82) is 0 Å². The summed E-state index contributed by atoms with van der Waals surface area (Å²) >= 11 is 12.0. The monoisotopic (exact) mass is 413 g/mol. The van der Waals surface area contributed by atoms with Gasteiger partial charge in [0.25, 0.3) is 5.91 Å². The Labute approximate surface area is 162 Å². The fourth-order valence-corrected chi connectivity index (χ4v) is 3.45. The largest absolute Gasteiger partial charge is 0.271 e. The van der Waals surface area contributed by atoms with Crippen LogP contribution in [0.2, 0.25) is 10.0 Å². The summed E-state index contributed by atoms with van der Waals surface area (Å²) in [6.07, 6.45) is 2.45. The van der Waals surface area contributed by atoms with Gasteiger partial charge in [0.05, 0.1) is 23.2 Å². The zero-order valence-electron chi connectivity index (χ0n) is 14.1. The van der Waals surface area contributed by atoms with Gasteiger partial charge in [0.1, 0.15) is 6.54 Å². The van der Waals surface area contributed by atoms with Crippen LogP contribution in [0.4, 0.5) is 5.69 Å². The molecule has 0 aliphatic heterocycles. The molecule has 0 bridgehead atoms. The third-order valence-corrected chi connectivity index (χ3v) is 4.99. The molecule has 0 fully saturated rings. The molecule has 0 radical (unpaired) electrons. The van der Waals surface area contributed by atoms with E-state index in [0.717, 1.165) is 21.7 Å². The highest BCUT2D eigenvalue weighted by molar-refractivity contribution is 7.92. The lowest BCUT2D eigenvalue weighted by atomic mass is 10.2. The number of benzene rings is 2. The van der Waals surface area contributed by atoms with Crippen LogP contribution >= 0.6 is 23.2 Å². The van der Waals surface area contributed by atoms with E-state index in [9.17, 15) is 13.2 Å². The fourth-order valence-electron chi connectivity index (χ4n) is 2.15. The second-order valence-corrected chi connectivity index (χ2v) is 8.32. The quantitative estimate of drug-likeness (QED) is 0.583. The van der Waals surface area contributed by atoms with Gasteiger partial charge in [0, 0.05) is 5.02 Å². The van der Waals surface area contributed by atoms with Crippen molar-refractivity contribution in [2.45, 2.75) is 6.92 Å². The van der Waals surface area contributed by atoms with Gasteiger partial charge in [-0.25, -0.2) is 13.8 Å². The average molecular weight is 414 g/mol. The Hall–Kier alpha value is -2.09. The highest BCUT2D eigenvalue weighted by atomic mass is 35.5. The van der Waals surface area contributed by atoms with E-state index < -0.39 is 22.5 Å². The van der Waals surface area contributed by atoms with Crippen molar-refractivity contribution in [3.8, 4) is 0 Å².